The fourth-order valence-electron chi connectivity index (χ4n) is 1.39. The first kappa shape index (κ1) is 21.8. The van der Waals surface area contributed by atoms with Crippen molar-refractivity contribution in [3.8, 4) is 0 Å². The second kappa shape index (κ2) is 14.9. The molecule has 0 unspecified atom stereocenters. The molecule has 20 heavy (non-hydrogen) atoms. The third kappa shape index (κ3) is 11.3. The highest BCUT2D eigenvalue weighted by Gasteiger charge is 2.01. The highest BCUT2D eigenvalue weighted by atomic mass is 35.5. The summed E-state index contributed by atoms with van der Waals surface area (Å²) in [6.45, 7) is 4.67. The molecule has 0 aromatic carbocycles. The normalized spacial score (nSPS) is 9.25. The number of nitrogens with zero attached hydrogens (tertiary/aromatic N) is 1. The van der Waals surface area contributed by atoms with E-state index in [4.69, 9.17) is 0 Å². The van der Waals surface area contributed by atoms with Crippen LogP contribution < -0.4 is 10.6 Å². The lowest BCUT2D eigenvalue weighted by Gasteiger charge is -2.06. The molecule has 0 saturated carbocycles. The van der Waals surface area contributed by atoms with Gasteiger partial charge in [-0.2, -0.15) is 0 Å². The molecular weight excluding hydrogens is 317 g/mol. The van der Waals surface area contributed by atoms with Crippen molar-refractivity contribution in [2.75, 3.05) is 25.4 Å². The van der Waals surface area contributed by atoms with E-state index >= 15 is 0 Å². The zero-order chi connectivity index (χ0) is 13.1. The van der Waals surface area contributed by atoms with Gasteiger partial charge >= 0.3 is 0 Å². The van der Waals surface area contributed by atoms with Crippen LogP contribution in [0.15, 0.2) is 24.5 Å². The van der Waals surface area contributed by atoms with E-state index in [0.29, 0.717) is 12.3 Å². The van der Waals surface area contributed by atoms with Gasteiger partial charge in [0.15, 0.2) is 0 Å². The lowest BCUT2D eigenvalue weighted by atomic mass is 10.3. The van der Waals surface area contributed by atoms with Crippen molar-refractivity contribution in [2.45, 2.75) is 19.1 Å². The monoisotopic (exact) mass is 339 g/mol. The smallest absolute Gasteiger partial charge is 0.230 e. The summed E-state index contributed by atoms with van der Waals surface area (Å²) in [7, 11) is 0. The molecule has 0 aliphatic carbocycles. The number of hydrogen-bond acceptors (Lipinski definition) is 4. The van der Waals surface area contributed by atoms with Crippen LogP contribution in [0, 0.1) is 0 Å². The molecule has 0 bridgehead atoms. The van der Waals surface area contributed by atoms with Crippen LogP contribution in [0.1, 0.15) is 18.9 Å². The summed E-state index contributed by atoms with van der Waals surface area (Å²) in [5.74, 6) is 1.43. The SMILES string of the molecule is CCCNCCNC(=O)CSCc1cccnc1.Cl.Cl. The van der Waals surface area contributed by atoms with Gasteiger partial charge in [-0.3, -0.25) is 9.78 Å². The Kier molecular flexibility index (Phi) is 16.3. The zero-order valence-corrected chi connectivity index (χ0v) is 14.1. The molecule has 1 aromatic rings. The fourth-order valence-corrected chi connectivity index (χ4v) is 2.18. The number of carbonyl (C=O) groups excluding carboxylic acids is 1. The van der Waals surface area contributed by atoms with Crippen LogP contribution in [-0.2, 0) is 10.5 Å². The maximum atomic E-state index is 11.5. The van der Waals surface area contributed by atoms with E-state index in [2.05, 4.69) is 22.5 Å². The van der Waals surface area contributed by atoms with E-state index in [1.54, 1.807) is 18.0 Å². The molecule has 0 spiro atoms. The molecule has 1 aromatic heterocycles. The standard InChI is InChI=1S/C13H21N3OS.2ClH/c1-2-5-14-7-8-16-13(17)11-18-10-12-4-3-6-15-9-12;;/h3-4,6,9,14H,2,5,7-8,10-11H2,1H3,(H,16,17);2*1H. The average Bonchev–Trinajstić information content (AvgIpc) is 2.40. The van der Waals surface area contributed by atoms with Gasteiger partial charge in [0.05, 0.1) is 5.75 Å². The summed E-state index contributed by atoms with van der Waals surface area (Å²) in [5.41, 5.74) is 1.15. The van der Waals surface area contributed by atoms with E-state index in [-0.39, 0.29) is 30.7 Å². The molecule has 7 heteroatoms. The lowest BCUT2D eigenvalue weighted by Crippen LogP contribution is -2.33. The number of thioether (sulfide) groups is 1. The Hall–Kier alpha value is -0.490. The van der Waals surface area contributed by atoms with E-state index in [1.165, 1.54) is 0 Å². The van der Waals surface area contributed by atoms with E-state index in [9.17, 15) is 4.79 Å². The molecule has 1 amide bonds. The van der Waals surface area contributed by atoms with Gasteiger partial charge in [-0.05, 0) is 24.6 Å². The van der Waals surface area contributed by atoms with Gasteiger partial charge in [-0.1, -0.05) is 13.0 Å². The van der Waals surface area contributed by atoms with Crippen molar-refractivity contribution in [1.82, 2.24) is 15.6 Å². The molecule has 0 atom stereocenters. The Balaban J connectivity index is 0. The van der Waals surface area contributed by atoms with Gasteiger partial charge < -0.3 is 10.6 Å². The first-order valence-electron chi connectivity index (χ1n) is 6.27. The van der Waals surface area contributed by atoms with Gasteiger partial charge in [-0.15, -0.1) is 36.6 Å². The molecule has 4 nitrogen and oxygen atoms in total. The predicted octanol–water partition coefficient (Wildman–Crippen LogP) is 2.27. The number of aromatic nitrogens is 1. The van der Waals surface area contributed by atoms with Gasteiger partial charge in [0.1, 0.15) is 0 Å². The van der Waals surface area contributed by atoms with Crippen molar-refractivity contribution in [2.24, 2.45) is 0 Å². The van der Waals surface area contributed by atoms with Crippen LogP contribution in [-0.4, -0.2) is 36.3 Å². The Morgan fingerprint density at radius 2 is 2.10 bits per heavy atom. The number of rotatable bonds is 9. The summed E-state index contributed by atoms with van der Waals surface area (Å²) in [4.78, 5) is 15.5. The van der Waals surface area contributed by atoms with Crippen LogP contribution in [0.4, 0.5) is 0 Å². The predicted molar refractivity (Wildman–Crippen MR) is 91.1 cm³/mol. The Labute approximate surface area is 137 Å². The minimum atomic E-state index is 0. The first-order valence-corrected chi connectivity index (χ1v) is 7.42. The zero-order valence-electron chi connectivity index (χ0n) is 11.6. The first-order chi connectivity index (χ1) is 8.83. The molecule has 0 radical (unpaired) electrons. The van der Waals surface area contributed by atoms with E-state index in [1.807, 2.05) is 18.3 Å². The molecule has 0 aliphatic rings. The number of nitrogens with one attached hydrogen (secondary N) is 2. The van der Waals surface area contributed by atoms with Gasteiger partial charge in [0.2, 0.25) is 5.91 Å². The molecule has 0 saturated heterocycles. The van der Waals surface area contributed by atoms with Gasteiger partial charge in [0, 0.05) is 31.2 Å². The number of carbonyl (C=O) groups is 1. The van der Waals surface area contributed by atoms with Crippen molar-refractivity contribution < 1.29 is 4.79 Å². The van der Waals surface area contributed by atoms with Crippen molar-refractivity contribution in [1.29, 1.82) is 0 Å². The highest BCUT2D eigenvalue weighted by Crippen LogP contribution is 2.09. The van der Waals surface area contributed by atoms with Crippen molar-refractivity contribution in [3.05, 3.63) is 30.1 Å². The van der Waals surface area contributed by atoms with E-state index in [0.717, 1.165) is 30.8 Å². The molecular formula is C13H23Cl2N3OS. The molecule has 2 N–H and O–H groups in total. The number of pyridine rings is 1. The van der Waals surface area contributed by atoms with Crippen molar-refractivity contribution in [3.63, 3.8) is 0 Å². The average molecular weight is 340 g/mol. The second-order valence-electron chi connectivity index (χ2n) is 3.95. The molecule has 1 rings (SSSR count). The Morgan fingerprint density at radius 1 is 1.30 bits per heavy atom. The summed E-state index contributed by atoms with van der Waals surface area (Å²) in [6.07, 6.45) is 4.71. The summed E-state index contributed by atoms with van der Waals surface area (Å²) in [5, 5.41) is 6.13. The maximum absolute atomic E-state index is 11.5. The Morgan fingerprint density at radius 3 is 2.75 bits per heavy atom. The van der Waals surface area contributed by atoms with Crippen LogP contribution >= 0.6 is 36.6 Å². The summed E-state index contributed by atoms with van der Waals surface area (Å²) < 4.78 is 0. The molecule has 1 heterocycles. The highest BCUT2D eigenvalue weighted by molar-refractivity contribution is 7.99. The largest absolute Gasteiger partial charge is 0.354 e. The maximum Gasteiger partial charge on any atom is 0.230 e. The fraction of sp³-hybridized carbons (Fsp3) is 0.538. The number of amides is 1. The van der Waals surface area contributed by atoms with Crippen LogP contribution in [0.2, 0.25) is 0 Å². The third-order valence-electron chi connectivity index (χ3n) is 2.28. The Bertz CT molecular complexity index is 342. The molecule has 116 valence electrons. The van der Waals surface area contributed by atoms with Crippen LogP contribution in [0.25, 0.3) is 0 Å². The summed E-state index contributed by atoms with van der Waals surface area (Å²) >= 11 is 1.61. The third-order valence-corrected chi connectivity index (χ3v) is 3.28. The number of halogens is 2. The topological polar surface area (TPSA) is 54.0 Å². The molecule has 0 aliphatic heterocycles. The molecule has 0 fully saturated rings. The van der Waals surface area contributed by atoms with E-state index < -0.39 is 0 Å². The summed E-state index contributed by atoms with van der Waals surface area (Å²) in [6, 6.07) is 3.93. The van der Waals surface area contributed by atoms with Crippen LogP contribution in [0.3, 0.4) is 0 Å². The lowest BCUT2D eigenvalue weighted by molar-refractivity contribution is -0.118. The van der Waals surface area contributed by atoms with Crippen molar-refractivity contribution >= 4 is 42.5 Å². The second-order valence-corrected chi connectivity index (χ2v) is 4.94. The van der Waals surface area contributed by atoms with Crippen LogP contribution in [0.5, 0.6) is 0 Å². The number of hydrogen-bond donors (Lipinski definition) is 2. The van der Waals surface area contributed by atoms with Gasteiger partial charge in [0.25, 0.3) is 0 Å². The van der Waals surface area contributed by atoms with Gasteiger partial charge in [-0.25, -0.2) is 0 Å². The minimum absolute atomic E-state index is 0. The quantitative estimate of drug-likeness (QED) is 0.677. The minimum Gasteiger partial charge on any atom is -0.354 e.